The summed E-state index contributed by atoms with van der Waals surface area (Å²) in [7, 11) is -3.11. The summed E-state index contributed by atoms with van der Waals surface area (Å²) >= 11 is 1.25. The average Bonchev–Trinajstić information content (AvgIpc) is 2.67. The molecule has 1 N–H and O–H groups in total. The van der Waals surface area contributed by atoms with Gasteiger partial charge < -0.3 is 10.2 Å². The smallest absolute Gasteiger partial charge is 0.186 e. The number of hydrogen-bond acceptors (Lipinski definition) is 6. The summed E-state index contributed by atoms with van der Waals surface area (Å²) in [6.07, 6.45) is 2.65. The Hall–Kier alpha value is -0.370. The van der Waals surface area contributed by atoms with Gasteiger partial charge in [-0.25, -0.2) is 13.4 Å². The van der Waals surface area contributed by atoms with Crippen LogP contribution in [0.25, 0.3) is 0 Å². The summed E-state index contributed by atoms with van der Waals surface area (Å²) in [5.74, 6) is 0. The Labute approximate surface area is 105 Å². The Balaban J connectivity index is 0.00000128. The molecule has 1 aliphatic rings. The lowest BCUT2D eigenvalue weighted by molar-refractivity contribution is 0.588. The van der Waals surface area contributed by atoms with E-state index in [1.165, 1.54) is 23.8 Å². The first-order valence-electron chi connectivity index (χ1n) is 4.69. The molecule has 0 unspecified atom stereocenters. The third kappa shape index (κ3) is 3.07. The monoisotopic (exact) mass is 283 g/mol. The zero-order chi connectivity index (χ0) is 10.9. The predicted molar refractivity (Wildman–Crippen MR) is 67.6 cm³/mol. The van der Waals surface area contributed by atoms with Crippen molar-refractivity contribution in [1.29, 1.82) is 0 Å². The number of thiazole rings is 1. The molecule has 0 atom stereocenters. The molecule has 0 spiro atoms. The molecule has 0 aliphatic carbocycles. The molecule has 0 radical (unpaired) electrons. The molecule has 0 aromatic carbocycles. The first-order valence-corrected chi connectivity index (χ1v) is 7.40. The van der Waals surface area contributed by atoms with Gasteiger partial charge in [0.25, 0.3) is 0 Å². The van der Waals surface area contributed by atoms with Crippen LogP contribution in [0.3, 0.4) is 0 Å². The molecule has 1 aliphatic heterocycles. The maximum atomic E-state index is 11.3. The van der Waals surface area contributed by atoms with Crippen molar-refractivity contribution in [3.63, 3.8) is 0 Å². The van der Waals surface area contributed by atoms with E-state index in [9.17, 15) is 8.42 Å². The lowest BCUT2D eigenvalue weighted by atomic mass is 10.4. The highest BCUT2D eigenvalue weighted by molar-refractivity contribution is 7.92. The predicted octanol–water partition coefficient (Wildman–Crippen LogP) is 0.378. The Kier molecular flexibility index (Phi) is 4.54. The number of rotatable bonds is 2. The zero-order valence-electron chi connectivity index (χ0n) is 8.84. The second kappa shape index (κ2) is 5.31. The third-order valence-corrected chi connectivity index (χ3v) is 5.07. The van der Waals surface area contributed by atoms with E-state index in [1.54, 1.807) is 0 Å². The second-order valence-corrected chi connectivity index (χ2v) is 6.72. The van der Waals surface area contributed by atoms with Crippen LogP contribution in [0.5, 0.6) is 0 Å². The topological polar surface area (TPSA) is 62.3 Å². The molecule has 1 aromatic heterocycles. The van der Waals surface area contributed by atoms with Crippen molar-refractivity contribution in [3.8, 4) is 0 Å². The summed E-state index contributed by atoms with van der Waals surface area (Å²) in [5, 5.41) is 4.04. The molecule has 92 valence electrons. The second-order valence-electron chi connectivity index (χ2n) is 3.47. The minimum Gasteiger partial charge on any atom is -0.346 e. The van der Waals surface area contributed by atoms with E-state index in [1.807, 2.05) is 0 Å². The highest BCUT2D eigenvalue weighted by Gasteiger charge is 2.17. The van der Waals surface area contributed by atoms with Gasteiger partial charge in [0, 0.05) is 32.4 Å². The summed E-state index contributed by atoms with van der Waals surface area (Å²) < 4.78 is 22.9. The van der Waals surface area contributed by atoms with Crippen LogP contribution in [0.1, 0.15) is 0 Å². The number of halogens is 1. The number of nitrogens with zero attached hydrogens (tertiary/aromatic N) is 2. The normalized spacial score (nSPS) is 16.9. The molecule has 2 rings (SSSR count). The van der Waals surface area contributed by atoms with Gasteiger partial charge in [-0.15, -0.1) is 12.4 Å². The number of piperazine rings is 1. The summed E-state index contributed by atoms with van der Waals surface area (Å²) in [4.78, 5) is 6.25. The van der Waals surface area contributed by atoms with Crippen molar-refractivity contribution in [2.75, 3.05) is 37.3 Å². The van der Waals surface area contributed by atoms with Crippen LogP contribution in [0, 0.1) is 0 Å². The van der Waals surface area contributed by atoms with Crippen LogP contribution < -0.4 is 10.2 Å². The number of anilines is 1. The highest BCUT2D eigenvalue weighted by atomic mass is 35.5. The molecule has 0 saturated carbocycles. The Morgan fingerprint density at radius 2 is 2.06 bits per heavy atom. The SMILES string of the molecule is CS(=O)(=O)c1cnc(N2CCNCC2)s1.Cl. The largest absolute Gasteiger partial charge is 0.346 e. The van der Waals surface area contributed by atoms with Crippen LogP contribution in [0.15, 0.2) is 10.4 Å². The number of aromatic nitrogens is 1. The number of hydrogen-bond donors (Lipinski definition) is 1. The molecule has 0 bridgehead atoms. The average molecular weight is 284 g/mol. The van der Waals surface area contributed by atoms with E-state index < -0.39 is 9.84 Å². The van der Waals surface area contributed by atoms with Crippen LogP contribution >= 0.6 is 23.7 Å². The van der Waals surface area contributed by atoms with E-state index >= 15 is 0 Å². The fourth-order valence-corrected chi connectivity index (χ4v) is 3.20. The van der Waals surface area contributed by atoms with Gasteiger partial charge >= 0.3 is 0 Å². The summed E-state index contributed by atoms with van der Waals surface area (Å²) in [5.41, 5.74) is 0. The first kappa shape index (κ1) is 13.7. The van der Waals surface area contributed by atoms with E-state index in [0.717, 1.165) is 31.3 Å². The number of sulfone groups is 1. The van der Waals surface area contributed by atoms with Crippen LogP contribution in [0.2, 0.25) is 0 Å². The van der Waals surface area contributed by atoms with E-state index in [0.29, 0.717) is 4.21 Å². The third-order valence-electron chi connectivity index (χ3n) is 2.23. The lowest BCUT2D eigenvalue weighted by Crippen LogP contribution is -2.43. The van der Waals surface area contributed by atoms with Crippen LogP contribution in [-0.4, -0.2) is 45.8 Å². The van der Waals surface area contributed by atoms with Gasteiger partial charge in [0.2, 0.25) is 0 Å². The van der Waals surface area contributed by atoms with Gasteiger partial charge in [-0.05, 0) is 0 Å². The lowest BCUT2D eigenvalue weighted by Gasteiger charge is -2.26. The molecule has 1 fully saturated rings. The van der Waals surface area contributed by atoms with Crippen molar-refractivity contribution in [2.24, 2.45) is 0 Å². The fourth-order valence-electron chi connectivity index (χ4n) is 1.42. The fraction of sp³-hybridized carbons (Fsp3) is 0.625. The van der Waals surface area contributed by atoms with Crippen molar-refractivity contribution >= 4 is 38.7 Å². The van der Waals surface area contributed by atoms with Gasteiger partial charge in [0.1, 0.15) is 4.21 Å². The first-order chi connectivity index (χ1) is 7.07. The van der Waals surface area contributed by atoms with Gasteiger partial charge in [-0.3, -0.25) is 0 Å². The van der Waals surface area contributed by atoms with Crippen molar-refractivity contribution < 1.29 is 8.42 Å². The van der Waals surface area contributed by atoms with Crippen molar-refractivity contribution in [1.82, 2.24) is 10.3 Å². The molecule has 2 heterocycles. The van der Waals surface area contributed by atoms with E-state index in [-0.39, 0.29) is 12.4 Å². The van der Waals surface area contributed by atoms with Gasteiger partial charge in [0.15, 0.2) is 15.0 Å². The maximum Gasteiger partial charge on any atom is 0.186 e. The van der Waals surface area contributed by atoms with Crippen LogP contribution in [-0.2, 0) is 9.84 Å². The van der Waals surface area contributed by atoms with Gasteiger partial charge in [0.05, 0.1) is 6.20 Å². The maximum absolute atomic E-state index is 11.3. The molecular formula is C8H14ClN3O2S2. The minimum atomic E-state index is -3.11. The molecule has 0 amide bonds. The summed E-state index contributed by atoms with van der Waals surface area (Å²) in [6.45, 7) is 3.62. The molecule has 8 heteroatoms. The molecule has 5 nitrogen and oxygen atoms in total. The highest BCUT2D eigenvalue weighted by Crippen LogP contribution is 2.25. The Bertz CT molecular complexity index is 440. The minimum absolute atomic E-state index is 0. The van der Waals surface area contributed by atoms with Crippen LogP contribution in [0.4, 0.5) is 5.13 Å². The Morgan fingerprint density at radius 1 is 1.44 bits per heavy atom. The molecule has 1 saturated heterocycles. The van der Waals surface area contributed by atoms with Crippen molar-refractivity contribution in [2.45, 2.75) is 4.21 Å². The molecular weight excluding hydrogens is 270 g/mol. The molecule has 16 heavy (non-hydrogen) atoms. The summed E-state index contributed by atoms with van der Waals surface area (Å²) in [6, 6.07) is 0. The number of nitrogens with one attached hydrogen (secondary N) is 1. The van der Waals surface area contributed by atoms with Gasteiger partial charge in [-0.1, -0.05) is 11.3 Å². The molecule has 1 aromatic rings. The van der Waals surface area contributed by atoms with E-state index in [4.69, 9.17) is 0 Å². The standard InChI is InChI=1S/C8H13N3O2S2.ClH/c1-15(12,13)7-6-10-8(14-7)11-4-2-9-3-5-11;/h6,9H,2-5H2,1H3;1H. The zero-order valence-corrected chi connectivity index (χ0v) is 11.3. The van der Waals surface area contributed by atoms with Gasteiger partial charge in [-0.2, -0.15) is 0 Å². The Morgan fingerprint density at radius 3 is 2.56 bits per heavy atom. The quantitative estimate of drug-likeness (QED) is 0.850. The van der Waals surface area contributed by atoms with Crippen molar-refractivity contribution in [3.05, 3.63) is 6.20 Å². The van der Waals surface area contributed by atoms with E-state index in [2.05, 4.69) is 15.2 Å².